The number of carbonyl (C=O) groups excluding carboxylic acids is 1. The topological polar surface area (TPSA) is 106 Å². The highest BCUT2D eigenvalue weighted by atomic mass is 16.3. The van der Waals surface area contributed by atoms with Crippen molar-refractivity contribution in [2.24, 2.45) is 0 Å². The van der Waals surface area contributed by atoms with Gasteiger partial charge < -0.3 is 14.8 Å². The summed E-state index contributed by atoms with van der Waals surface area (Å²) in [5, 5.41) is 16.3. The molecule has 3 rings (SSSR count). The molecule has 0 aliphatic rings. The van der Waals surface area contributed by atoms with Gasteiger partial charge in [0.2, 0.25) is 5.91 Å². The predicted octanol–water partition coefficient (Wildman–Crippen LogP) is 1.12. The molecule has 0 aliphatic carbocycles. The summed E-state index contributed by atoms with van der Waals surface area (Å²) in [5.41, 5.74) is 2.74. The molecule has 1 unspecified atom stereocenters. The second-order valence-corrected chi connectivity index (χ2v) is 5.55. The summed E-state index contributed by atoms with van der Waals surface area (Å²) >= 11 is 0. The first kappa shape index (κ1) is 16.1. The lowest BCUT2D eigenvalue weighted by molar-refractivity contribution is -0.122. The number of fused-ring (bicyclic) bond motifs is 1. The summed E-state index contributed by atoms with van der Waals surface area (Å²) < 4.78 is 6.89. The zero-order valence-corrected chi connectivity index (χ0v) is 13.6. The zero-order valence-electron chi connectivity index (χ0n) is 13.6. The van der Waals surface area contributed by atoms with Crippen LogP contribution < -0.4 is 5.32 Å². The number of rotatable bonds is 6. The van der Waals surface area contributed by atoms with Gasteiger partial charge in [-0.1, -0.05) is 0 Å². The van der Waals surface area contributed by atoms with Gasteiger partial charge in [-0.25, -0.2) is 9.50 Å². The monoisotopic (exact) mass is 329 g/mol. The molecule has 24 heavy (non-hydrogen) atoms. The summed E-state index contributed by atoms with van der Waals surface area (Å²) in [6, 6.07) is 2.90. The van der Waals surface area contributed by atoms with Crippen LogP contribution in [-0.4, -0.2) is 37.2 Å². The van der Waals surface area contributed by atoms with E-state index in [0.717, 1.165) is 17.0 Å². The van der Waals surface area contributed by atoms with Crippen LogP contribution in [0.1, 0.15) is 35.2 Å². The predicted molar refractivity (Wildman–Crippen MR) is 85.3 cm³/mol. The Kier molecular flexibility index (Phi) is 4.57. The maximum atomic E-state index is 12.2. The summed E-state index contributed by atoms with van der Waals surface area (Å²) in [6.07, 6.45) is 3.78. The number of aromatic nitrogens is 4. The van der Waals surface area contributed by atoms with Crippen molar-refractivity contribution < 1.29 is 14.3 Å². The van der Waals surface area contributed by atoms with E-state index in [1.807, 2.05) is 13.8 Å². The number of carbonyl (C=O) groups is 1. The summed E-state index contributed by atoms with van der Waals surface area (Å²) in [6.45, 7) is 3.61. The van der Waals surface area contributed by atoms with Gasteiger partial charge in [0, 0.05) is 17.8 Å². The number of aliphatic hydroxyl groups excluding tert-OH is 1. The molecule has 0 aromatic carbocycles. The van der Waals surface area contributed by atoms with E-state index in [1.165, 1.54) is 12.6 Å². The average Bonchev–Trinajstić information content (AvgIpc) is 3.23. The quantitative estimate of drug-likeness (QED) is 0.702. The molecule has 3 aromatic heterocycles. The molecule has 0 bridgehead atoms. The van der Waals surface area contributed by atoms with Crippen LogP contribution in [0.2, 0.25) is 0 Å². The molecule has 8 nitrogen and oxygen atoms in total. The minimum Gasteiger partial charge on any atom is -0.467 e. The Morgan fingerprint density at radius 2 is 2.29 bits per heavy atom. The highest BCUT2D eigenvalue weighted by Gasteiger charge is 2.17. The molecule has 3 aromatic rings. The fraction of sp³-hybridized carbons (Fsp3) is 0.375. The van der Waals surface area contributed by atoms with Crippen molar-refractivity contribution in [3.63, 3.8) is 0 Å². The van der Waals surface area contributed by atoms with Crippen molar-refractivity contribution >= 4 is 11.7 Å². The van der Waals surface area contributed by atoms with E-state index in [9.17, 15) is 9.90 Å². The standard InChI is InChI=1S/C16H19N5O3/c1-10-12(11(2)21-16(19-10)17-9-18-21)5-6-15(23)20-13(8-22)14-4-3-7-24-14/h3-4,7,9,13,22H,5-6,8H2,1-2H3,(H,20,23). The fourth-order valence-corrected chi connectivity index (χ4v) is 2.72. The van der Waals surface area contributed by atoms with Crippen molar-refractivity contribution in [3.05, 3.63) is 47.4 Å². The van der Waals surface area contributed by atoms with E-state index >= 15 is 0 Å². The smallest absolute Gasteiger partial charge is 0.252 e. The lowest BCUT2D eigenvalue weighted by atomic mass is 10.1. The average molecular weight is 329 g/mol. The van der Waals surface area contributed by atoms with Gasteiger partial charge in [-0.05, 0) is 38.0 Å². The molecule has 126 valence electrons. The minimum absolute atomic E-state index is 0.164. The van der Waals surface area contributed by atoms with Gasteiger partial charge in [-0.15, -0.1) is 0 Å². The Morgan fingerprint density at radius 1 is 1.46 bits per heavy atom. The van der Waals surface area contributed by atoms with Crippen LogP contribution in [0, 0.1) is 13.8 Å². The molecule has 0 radical (unpaired) electrons. The molecule has 3 heterocycles. The van der Waals surface area contributed by atoms with Crippen LogP contribution in [-0.2, 0) is 11.2 Å². The molecule has 0 fully saturated rings. The number of amides is 1. The van der Waals surface area contributed by atoms with Gasteiger partial charge in [-0.3, -0.25) is 4.79 Å². The fourth-order valence-electron chi connectivity index (χ4n) is 2.72. The maximum Gasteiger partial charge on any atom is 0.252 e. The van der Waals surface area contributed by atoms with Crippen LogP contribution in [0.15, 0.2) is 29.1 Å². The summed E-state index contributed by atoms with van der Waals surface area (Å²) in [5.74, 6) is 0.920. The Labute approximate surface area is 138 Å². The van der Waals surface area contributed by atoms with E-state index in [2.05, 4.69) is 20.4 Å². The van der Waals surface area contributed by atoms with Gasteiger partial charge >= 0.3 is 0 Å². The number of nitrogens with zero attached hydrogens (tertiary/aromatic N) is 4. The number of hydrogen-bond donors (Lipinski definition) is 2. The number of aliphatic hydroxyl groups is 1. The van der Waals surface area contributed by atoms with E-state index < -0.39 is 6.04 Å². The van der Waals surface area contributed by atoms with E-state index in [0.29, 0.717) is 18.0 Å². The van der Waals surface area contributed by atoms with Gasteiger partial charge in [0.15, 0.2) is 0 Å². The Bertz CT molecular complexity index is 841. The number of aryl methyl sites for hydroxylation is 2. The van der Waals surface area contributed by atoms with Gasteiger partial charge in [0.1, 0.15) is 18.1 Å². The van der Waals surface area contributed by atoms with Crippen LogP contribution in [0.3, 0.4) is 0 Å². The molecule has 8 heteroatoms. The molecule has 0 aliphatic heterocycles. The van der Waals surface area contributed by atoms with Crippen molar-refractivity contribution in [3.8, 4) is 0 Å². The third kappa shape index (κ3) is 3.13. The first-order valence-electron chi connectivity index (χ1n) is 7.69. The largest absolute Gasteiger partial charge is 0.467 e. The lowest BCUT2D eigenvalue weighted by Crippen LogP contribution is -2.30. The number of furan rings is 1. The second kappa shape index (κ2) is 6.79. The highest BCUT2D eigenvalue weighted by Crippen LogP contribution is 2.16. The normalized spacial score (nSPS) is 12.5. The first-order valence-corrected chi connectivity index (χ1v) is 7.69. The van der Waals surface area contributed by atoms with E-state index in [1.54, 1.807) is 16.6 Å². The number of nitrogens with one attached hydrogen (secondary N) is 1. The van der Waals surface area contributed by atoms with Crippen molar-refractivity contribution in [2.45, 2.75) is 32.7 Å². The zero-order chi connectivity index (χ0) is 17.1. The maximum absolute atomic E-state index is 12.2. The molecule has 0 saturated heterocycles. The van der Waals surface area contributed by atoms with Gasteiger partial charge in [0.05, 0.1) is 12.9 Å². The minimum atomic E-state index is -0.536. The van der Waals surface area contributed by atoms with Crippen molar-refractivity contribution in [2.75, 3.05) is 6.61 Å². The first-order chi connectivity index (χ1) is 11.6. The molecule has 1 atom stereocenters. The van der Waals surface area contributed by atoms with Crippen molar-refractivity contribution in [1.82, 2.24) is 24.9 Å². The Morgan fingerprint density at radius 3 is 3.00 bits per heavy atom. The third-order valence-corrected chi connectivity index (χ3v) is 4.00. The van der Waals surface area contributed by atoms with Gasteiger partial charge in [-0.2, -0.15) is 10.1 Å². The number of hydrogen-bond acceptors (Lipinski definition) is 6. The van der Waals surface area contributed by atoms with Crippen LogP contribution in [0.4, 0.5) is 0 Å². The van der Waals surface area contributed by atoms with E-state index in [-0.39, 0.29) is 18.9 Å². The van der Waals surface area contributed by atoms with Crippen LogP contribution in [0.5, 0.6) is 0 Å². The van der Waals surface area contributed by atoms with Crippen molar-refractivity contribution in [1.29, 1.82) is 0 Å². The molecule has 2 N–H and O–H groups in total. The SMILES string of the molecule is Cc1nc2ncnn2c(C)c1CCC(=O)NC(CO)c1ccco1. The lowest BCUT2D eigenvalue weighted by Gasteiger charge is -2.15. The van der Waals surface area contributed by atoms with Crippen LogP contribution >= 0.6 is 0 Å². The van der Waals surface area contributed by atoms with E-state index in [4.69, 9.17) is 4.42 Å². The molecule has 0 saturated carbocycles. The van der Waals surface area contributed by atoms with Gasteiger partial charge in [0.25, 0.3) is 5.78 Å². The highest BCUT2D eigenvalue weighted by molar-refractivity contribution is 5.76. The molecule has 1 amide bonds. The third-order valence-electron chi connectivity index (χ3n) is 4.00. The van der Waals surface area contributed by atoms with Crippen LogP contribution in [0.25, 0.3) is 5.78 Å². The Balaban J connectivity index is 1.68. The molecular formula is C16H19N5O3. The Hall–Kier alpha value is -2.74. The summed E-state index contributed by atoms with van der Waals surface area (Å²) in [7, 11) is 0. The second-order valence-electron chi connectivity index (χ2n) is 5.55. The molecule has 0 spiro atoms. The molecular weight excluding hydrogens is 310 g/mol. The summed E-state index contributed by atoms with van der Waals surface area (Å²) in [4.78, 5) is 20.7.